The Morgan fingerprint density at radius 2 is 1.96 bits per heavy atom. The summed E-state index contributed by atoms with van der Waals surface area (Å²) in [7, 11) is 1.62. The zero-order chi connectivity index (χ0) is 18.2. The molecule has 0 spiro atoms. The summed E-state index contributed by atoms with van der Waals surface area (Å²) in [6.45, 7) is 1.85. The highest BCUT2D eigenvalue weighted by Gasteiger charge is 2.06. The summed E-state index contributed by atoms with van der Waals surface area (Å²) in [6, 6.07) is 13.7. The lowest BCUT2D eigenvalue weighted by Gasteiger charge is -2.07. The van der Waals surface area contributed by atoms with Crippen LogP contribution in [0.25, 0.3) is 0 Å². The SMILES string of the molecule is COc1ccc(C(C)=NNC(=O)CSCc2ccccc2Br)cc1Br. The molecule has 0 unspecified atom stereocenters. The first kappa shape index (κ1) is 20.0. The second-order valence-electron chi connectivity index (χ2n) is 5.17. The smallest absolute Gasteiger partial charge is 0.250 e. The maximum absolute atomic E-state index is 11.9. The van der Waals surface area contributed by atoms with E-state index in [1.165, 1.54) is 5.56 Å². The molecule has 4 nitrogen and oxygen atoms in total. The van der Waals surface area contributed by atoms with Gasteiger partial charge in [0.05, 0.1) is 23.0 Å². The minimum atomic E-state index is -0.121. The summed E-state index contributed by atoms with van der Waals surface area (Å²) in [5.74, 6) is 1.75. The van der Waals surface area contributed by atoms with Crippen molar-refractivity contribution in [1.82, 2.24) is 5.43 Å². The summed E-state index contributed by atoms with van der Waals surface area (Å²) in [5, 5.41) is 4.17. The van der Waals surface area contributed by atoms with E-state index in [0.717, 1.165) is 31.7 Å². The van der Waals surface area contributed by atoms with Gasteiger partial charge in [0, 0.05) is 10.2 Å². The van der Waals surface area contributed by atoms with Gasteiger partial charge in [-0.15, -0.1) is 11.8 Å². The van der Waals surface area contributed by atoms with E-state index >= 15 is 0 Å². The summed E-state index contributed by atoms with van der Waals surface area (Å²) in [6.07, 6.45) is 0. The van der Waals surface area contributed by atoms with E-state index in [-0.39, 0.29) is 5.91 Å². The van der Waals surface area contributed by atoms with Gasteiger partial charge in [0.2, 0.25) is 5.91 Å². The van der Waals surface area contributed by atoms with Crippen LogP contribution >= 0.6 is 43.6 Å². The lowest BCUT2D eigenvalue weighted by molar-refractivity contribution is -0.118. The number of benzene rings is 2. The minimum absolute atomic E-state index is 0.121. The Bertz CT molecular complexity index is 781. The van der Waals surface area contributed by atoms with Gasteiger partial charge >= 0.3 is 0 Å². The van der Waals surface area contributed by atoms with Crippen molar-refractivity contribution in [1.29, 1.82) is 0 Å². The normalized spacial score (nSPS) is 11.3. The quantitative estimate of drug-likeness (QED) is 0.443. The van der Waals surface area contributed by atoms with Crippen molar-refractivity contribution in [2.75, 3.05) is 12.9 Å². The molecule has 2 aromatic rings. The number of carbonyl (C=O) groups is 1. The average molecular weight is 486 g/mol. The van der Waals surface area contributed by atoms with E-state index in [1.54, 1.807) is 18.9 Å². The molecular formula is C18H18Br2N2O2S. The van der Waals surface area contributed by atoms with Gasteiger partial charge in [0.15, 0.2) is 0 Å². The van der Waals surface area contributed by atoms with E-state index < -0.39 is 0 Å². The number of methoxy groups -OCH3 is 1. The molecule has 7 heteroatoms. The van der Waals surface area contributed by atoms with Crippen LogP contribution < -0.4 is 10.2 Å². The van der Waals surface area contributed by atoms with Gasteiger partial charge in [0.1, 0.15) is 5.75 Å². The number of halogens is 2. The van der Waals surface area contributed by atoms with Crippen LogP contribution in [0.3, 0.4) is 0 Å². The van der Waals surface area contributed by atoms with Crippen molar-refractivity contribution in [3.8, 4) is 5.75 Å². The van der Waals surface area contributed by atoms with Crippen molar-refractivity contribution in [3.05, 3.63) is 62.5 Å². The van der Waals surface area contributed by atoms with Crippen LogP contribution in [-0.2, 0) is 10.5 Å². The number of amides is 1. The summed E-state index contributed by atoms with van der Waals surface area (Å²) < 4.78 is 7.11. The van der Waals surface area contributed by atoms with Crippen molar-refractivity contribution >= 4 is 55.2 Å². The molecule has 0 aliphatic heterocycles. The molecule has 132 valence electrons. The molecule has 0 bridgehead atoms. The zero-order valence-corrected chi connectivity index (χ0v) is 17.9. The van der Waals surface area contributed by atoms with E-state index in [1.807, 2.05) is 49.4 Å². The molecule has 0 aliphatic carbocycles. The number of nitrogens with zero attached hydrogens (tertiary/aromatic N) is 1. The maximum atomic E-state index is 11.9. The highest BCUT2D eigenvalue weighted by molar-refractivity contribution is 9.10. The van der Waals surface area contributed by atoms with Gasteiger partial charge in [0.25, 0.3) is 0 Å². The number of hydrogen-bond acceptors (Lipinski definition) is 4. The Balaban J connectivity index is 1.85. The minimum Gasteiger partial charge on any atom is -0.496 e. The highest BCUT2D eigenvalue weighted by atomic mass is 79.9. The number of hydrogen-bond donors (Lipinski definition) is 1. The summed E-state index contributed by atoms with van der Waals surface area (Å²) in [4.78, 5) is 11.9. The van der Waals surface area contributed by atoms with Gasteiger partial charge in [-0.1, -0.05) is 34.1 Å². The Hall–Kier alpha value is -1.31. The summed E-state index contributed by atoms with van der Waals surface area (Å²) >= 11 is 8.50. The molecule has 0 heterocycles. The van der Waals surface area contributed by atoms with E-state index in [0.29, 0.717) is 5.75 Å². The van der Waals surface area contributed by atoms with Crippen molar-refractivity contribution in [2.24, 2.45) is 5.10 Å². The molecule has 0 saturated heterocycles. The van der Waals surface area contributed by atoms with Gasteiger partial charge < -0.3 is 4.74 Å². The van der Waals surface area contributed by atoms with Gasteiger partial charge in [-0.25, -0.2) is 5.43 Å². The topological polar surface area (TPSA) is 50.7 Å². The zero-order valence-electron chi connectivity index (χ0n) is 13.9. The third-order valence-corrected chi connectivity index (χ3v) is 5.74. The molecule has 0 aromatic heterocycles. The number of ether oxygens (including phenoxy) is 1. The second-order valence-corrected chi connectivity index (χ2v) is 7.86. The van der Waals surface area contributed by atoms with Crippen LogP contribution in [0.4, 0.5) is 0 Å². The number of nitrogens with one attached hydrogen (secondary N) is 1. The molecule has 0 saturated carbocycles. The van der Waals surface area contributed by atoms with Crippen molar-refractivity contribution in [3.63, 3.8) is 0 Å². The number of hydrazone groups is 1. The molecular weight excluding hydrogens is 468 g/mol. The first-order valence-electron chi connectivity index (χ1n) is 7.49. The monoisotopic (exact) mass is 484 g/mol. The predicted molar refractivity (Wildman–Crippen MR) is 111 cm³/mol. The second kappa shape index (κ2) is 9.99. The Morgan fingerprint density at radius 3 is 2.64 bits per heavy atom. The van der Waals surface area contributed by atoms with E-state index in [2.05, 4.69) is 42.4 Å². The van der Waals surface area contributed by atoms with Crippen LogP contribution in [0.15, 0.2) is 56.5 Å². The number of carbonyl (C=O) groups excluding carboxylic acids is 1. The molecule has 0 fully saturated rings. The Labute approximate surface area is 168 Å². The van der Waals surface area contributed by atoms with Crippen molar-refractivity contribution < 1.29 is 9.53 Å². The van der Waals surface area contributed by atoms with Gasteiger partial charge in [-0.05, 0) is 58.2 Å². The number of rotatable bonds is 7. The van der Waals surface area contributed by atoms with Crippen LogP contribution in [-0.4, -0.2) is 24.5 Å². The van der Waals surface area contributed by atoms with Crippen LogP contribution in [0, 0.1) is 0 Å². The largest absolute Gasteiger partial charge is 0.496 e. The van der Waals surface area contributed by atoms with Crippen LogP contribution in [0.1, 0.15) is 18.1 Å². The van der Waals surface area contributed by atoms with Crippen LogP contribution in [0.2, 0.25) is 0 Å². The first-order valence-corrected chi connectivity index (χ1v) is 10.2. The molecule has 25 heavy (non-hydrogen) atoms. The maximum Gasteiger partial charge on any atom is 0.250 e. The average Bonchev–Trinajstić information content (AvgIpc) is 2.61. The fraction of sp³-hybridized carbons (Fsp3) is 0.222. The molecule has 2 rings (SSSR count). The Morgan fingerprint density at radius 1 is 1.20 bits per heavy atom. The lowest BCUT2D eigenvalue weighted by Crippen LogP contribution is -2.21. The van der Waals surface area contributed by atoms with Gasteiger partial charge in [-0.2, -0.15) is 5.10 Å². The predicted octanol–water partition coefficient (Wildman–Crippen LogP) is 4.99. The fourth-order valence-corrected chi connectivity index (χ4v) is 3.98. The van der Waals surface area contributed by atoms with Crippen molar-refractivity contribution in [2.45, 2.75) is 12.7 Å². The molecule has 0 atom stereocenters. The molecule has 1 N–H and O–H groups in total. The molecule has 1 amide bonds. The van der Waals surface area contributed by atoms with E-state index in [4.69, 9.17) is 4.74 Å². The Kier molecular flexibility index (Phi) is 7.99. The standard InChI is InChI=1S/C18H18Br2N2O2S/c1-12(13-7-8-17(24-2)16(20)9-13)21-22-18(23)11-25-10-14-5-3-4-6-15(14)19/h3-9H,10-11H2,1-2H3,(H,22,23). The third-order valence-electron chi connectivity index (χ3n) is 3.37. The summed E-state index contributed by atoms with van der Waals surface area (Å²) in [5.41, 5.74) is 5.41. The molecule has 0 aliphatic rings. The molecule has 2 aromatic carbocycles. The third kappa shape index (κ3) is 6.17. The van der Waals surface area contributed by atoms with E-state index in [9.17, 15) is 4.79 Å². The molecule has 0 radical (unpaired) electrons. The van der Waals surface area contributed by atoms with Gasteiger partial charge in [-0.3, -0.25) is 4.79 Å². The number of thioether (sulfide) groups is 1. The lowest BCUT2D eigenvalue weighted by atomic mass is 10.1. The highest BCUT2D eigenvalue weighted by Crippen LogP contribution is 2.25. The fourth-order valence-electron chi connectivity index (χ4n) is 2.00. The van der Waals surface area contributed by atoms with Crippen LogP contribution in [0.5, 0.6) is 5.75 Å². The first-order chi connectivity index (χ1) is 12.0.